The first-order valence-corrected chi connectivity index (χ1v) is 6.75. The first-order chi connectivity index (χ1) is 8.13. The zero-order valence-corrected chi connectivity index (χ0v) is 11.4. The molecule has 0 saturated heterocycles. The molecular weight excluding hydrogens is 236 g/mol. The van der Waals surface area contributed by atoms with E-state index in [1.54, 1.807) is 0 Å². The Bertz CT molecular complexity index is 351. The van der Waals surface area contributed by atoms with Gasteiger partial charge in [-0.1, -0.05) is 20.8 Å². The van der Waals surface area contributed by atoms with Crippen molar-refractivity contribution in [1.29, 1.82) is 0 Å². The second-order valence-electron chi connectivity index (χ2n) is 4.14. The van der Waals surface area contributed by atoms with Gasteiger partial charge in [0.2, 0.25) is 11.0 Å². The molecule has 0 radical (unpaired) electrons. The molecular formula is C11H20N4OS. The Balaban J connectivity index is 2.23. The van der Waals surface area contributed by atoms with Crippen molar-refractivity contribution in [3.05, 3.63) is 5.82 Å². The minimum atomic E-state index is 0.0768. The van der Waals surface area contributed by atoms with Crippen LogP contribution in [0.2, 0.25) is 0 Å². The second-order valence-corrected chi connectivity index (χ2v) is 4.89. The van der Waals surface area contributed by atoms with E-state index >= 15 is 0 Å². The van der Waals surface area contributed by atoms with E-state index in [2.05, 4.69) is 33.8 Å². The maximum Gasteiger partial charge on any atom is 0.221 e. The van der Waals surface area contributed by atoms with Crippen LogP contribution in [0, 0.1) is 0 Å². The normalized spacial score (nSPS) is 10.6. The average Bonchev–Trinajstić information content (AvgIpc) is 2.75. The van der Waals surface area contributed by atoms with Gasteiger partial charge in [0, 0.05) is 37.0 Å². The Hall–Kier alpha value is -1.17. The number of rotatable bonds is 7. The standard InChI is InChI=1S/C11H20N4OS/c1-4-6-12-9(16)5-7-13-11-14-10(8(2)3)15-17-11/h8H,4-7H2,1-3H3,(H,12,16)(H,13,14,15). The molecule has 0 unspecified atom stereocenters. The van der Waals surface area contributed by atoms with Crippen molar-refractivity contribution in [2.45, 2.75) is 39.5 Å². The number of hydrogen-bond donors (Lipinski definition) is 2. The Kier molecular flexibility index (Phi) is 5.90. The molecule has 1 rings (SSSR count). The van der Waals surface area contributed by atoms with Gasteiger partial charge in [-0.3, -0.25) is 4.79 Å². The summed E-state index contributed by atoms with van der Waals surface area (Å²) in [5.41, 5.74) is 0. The Labute approximate surface area is 106 Å². The van der Waals surface area contributed by atoms with E-state index < -0.39 is 0 Å². The lowest BCUT2D eigenvalue weighted by Crippen LogP contribution is -2.25. The van der Waals surface area contributed by atoms with Crippen molar-refractivity contribution >= 4 is 22.6 Å². The maximum absolute atomic E-state index is 11.3. The van der Waals surface area contributed by atoms with Gasteiger partial charge in [-0.15, -0.1) is 0 Å². The number of carbonyl (C=O) groups is 1. The lowest BCUT2D eigenvalue weighted by molar-refractivity contribution is -0.120. The largest absolute Gasteiger partial charge is 0.360 e. The lowest BCUT2D eigenvalue weighted by atomic mass is 10.2. The van der Waals surface area contributed by atoms with E-state index in [0.29, 0.717) is 18.9 Å². The summed E-state index contributed by atoms with van der Waals surface area (Å²) in [6, 6.07) is 0. The van der Waals surface area contributed by atoms with Gasteiger partial charge in [0.15, 0.2) is 0 Å². The van der Waals surface area contributed by atoms with Gasteiger partial charge in [0.25, 0.3) is 0 Å². The Morgan fingerprint density at radius 1 is 1.41 bits per heavy atom. The van der Waals surface area contributed by atoms with E-state index in [1.165, 1.54) is 11.5 Å². The fraction of sp³-hybridized carbons (Fsp3) is 0.727. The van der Waals surface area contributed by atoms with Gasteiger partial charge in [-0.05, 0) is 6.42 Å². The van der Waals surface area contributed by atoms with E-state index in [-0.39, 0.29) is 5.91 Å². The Morgan fingerprint density at radius 2 is 2.18 bits per heavy atom. The average molecular weight is 256 g/mol. The third-order valence-electron chi connectivity index (χ3n) is 2.16. The molecule has 0 fully saturated rings. The molecule has 0 aliphatic carbocycles. The number of amides is 1. The molecule has 2 N–H and O–H groups in total. The zero-order chi connectivity index (χ0) is 12.7. The first kappa shape index (κ1) is 13.9. The molecule has 1 aromatic rings. The van der Waals surface area contributed by atoms with Crippen molar-refractivity contribution in [1.82, 2.24) is 14.7 Å². The number of nitrogens with zero attached hydrogens (tertiary/aromatic N) is 2. The summed E-state index contributed by atoms with van der Waals surface area (Å²) in [5.74, 6) is 1.27. The molecule has 0 atom stereocenters. The number of carbonyl (C=O) groups excluding carboxylic acids is 1. The number of hydrogen-bond acceptors (Lipinski definition) is 5. The van der Waals surface area contributed by atoms with E-state index in [9.17, 15) is 4.79 Å². The van der Waals surface area contributed by atoms with Crippen LogP contribution in [0.4, 0.5) is 5.13 Å². The van der Waals surface area contributed by atoms with Gasteiger partial charge in [0.1, 0.15) is 5.82 Å². The fourth-order valence-corrected chi connectivity index (χ4v) is 1.91. The van der Waals surface area contributed by atoms with Crippen LogP contribution in [-0.4, -0.2) is 28.4 Å². The van der Waals surface area contributed by atoms with Crippen molar-refractivity contribution < 1.29 is 4.79 Å². The molecule has 1 heterocycles. The molecule has 5 nitrogen and oxygen atoms in total. The monoisotopic (exact) mass is 256 g/mol. The molecule has 0 aromatic carbocycles. The summed E-state index contributed by atoms with van der Waals surface area (Å²) < 4.78 is 4.23. The number of nitrogens with one attached hydrogen (secondary N) is 2. The van der Waals surface area contributed by atoms with Gasteiger partial charge < -0.3 is 10.6 Å². The van der Waals surface area contributed by atoms with Crippen molar-refractivity contribution in [3.63, 3.8) is 0 Å². The molecule has 1 aromatic heterocycles. The van der Waals surface area contributed by atoms with Crippen LogP contribution in [0.15, 0.2) is 0 Å². The van der Waals surface area contributed by atoms with Gasteiger partial charge >= 0.3 is 0 Å². The van der Waals surface area contributed by atoms with Crippen LogP contribution in [0.5, 0.6) is 0 Å². The predicted molar refractivity (Wildman–Crippen MR) is 70.4 cm³/mol. The van der Waals surface area contributed by atoms with Crippen LogP contribution < -0.4 is 10.6 Å². The summed E-state index contributed by atoms with van der Waals surface area (Å²) >= 11 is 1.34. The lowest BCUT2D eigenvalue weighted by Gasteiger charge is -2.03. The predicted octanol–water partition coefficient (Wildman–Crippen LogP) is 1.99. The number of anilines is 1. The first-order valence-electron chi connectivity index (χ1n) is 5.97. The van der Waals surface area contributed by atoms with Crippen LogP contribution in [0.1, 0.15) is 45.4 Å². The van der Waals surface area contributed by atoms with E-state index in [4.69, 9.17) is 0 Å². The van der Waals surface area contributed by atoms with Crippen LogP contribution in [0.25, 0.3) is 0 Å². The molecule has 0 aliphatic rings. The van der Waals surface area contributed by atoms with Gasteiger partial charge in [-0.2, -0.15) is 4.37 Å². The summed E-state index contributed by atoms with van der Waals surface area (Å²) in [7, 11) is 0. The molecule has 0 spiro atoms. The second kappa shape index (κ2) is 7.21. The summed E-state index contributed by atoms with van der Waals surface area (Å²) in [6.45, 7) is 7.50. The molecule has 1 amide bonds. The molecule has 17 heavy (non-hydrogen) atoms. The summed E-state index contributed by atoms with van der Waals surface area (Å²) in [4.78, 5) is 15.7. The number of aromatic nitrogens is 2. The highest BCUT2D eigenvalue weighted by Crippen LogP contribution is 2.16. The van der Waals surface area contributed by atoms with Crippen LogP contribution in [0.3, 0.4) is 0 Å². The molecule has 6 heteroatoms. The topological polar surface area (TPSA) is 66.9 Å². The van der Waals surface area contributed by atoms with Gasteiger partial charge in [-0.25, -0.2) is 4.98 Å². The SMILES string of the molecule is CCCNC(=O)CCNc1nc(C(C)C)ns1. The van der Waals surface area contributed by atoms with Gasteiger partial charge in [0.05, 0.1) is 0 Å². The smallest absolute Gasteiger partial charge is 0.221 e. The molecule has 0 aliphatic heterocycles. The van der Waals surface area contributed by atoms with Crippen LogP contribution >= 0.6 is 11.5 Å². The fourth-order valence-electron chi connectivity index (χ4n) is 1.18. The Morgan fingerprint density at radius 3 is 2.76 bits per heavy atom. The summed E-state index contributed by atoms with van der Waals surface area (Å²) in [5, 5.41) is 6.73. The molecule has 96 valence electrons. The van der Waals surface area contributed by atoms with E-state index in [0.717, 1.165) is 23.9 Å². The quantitative estimate of drug-likeness (QED) is 0.783. The maximum atomic E-state index is 11.3. The molecule has 0 bridgehead atoms. The van der Waals surface area contributed by atoms with E-state index in [1.807, 2.05) is 6.92 Å². The minimum Gasteiger partial charge on any atom is -0.360 e. The van der Waals surface area contributed by atoms with Crippen molar-refractivity contribution in [3.8, 4) is 0 Å². The highest BCUT2D eigenvalue weighted by Gasteiger charge is 2.07. The third-order valence-corrected chi connectivity index (χ3v) is 2.85. The molecule has 0 saturated carbocycles. The summed E-state index contributed by atoms with van der Waals surface area (Å²) in [6.07, 6.45) is 1.43. The minimum absolute atomic E-state index is 0.0768. The zero-order valence-electron chi connectivity index (χ0n) is 10.6. The highest BCUT2D eigenvalue weighted by molar-refractivity contribution is 7.09. The highest BCUT2D eigenvalue weighted by atomic mass is 32.1. The third kappa shape index (κ3) is 5.12. The van der Waals surface area contributed by atoms with Crippen molar-refractivity contribution in [2.75, 3.05) is 18.4 Å². The van der Waals surface area contributed by atoms with Crippen LogP contribution in [-0.2, 0) is 4.79 Å². The van der Waals surface area contributed by atoms with Crippen molar-refractivity contribution in [2.24, 2.45) is 0 Å².